The van der Waals surface area contributed by atoms with Gasteiger partial charge >= 0.3 is 5.97 Å². The molecule has 0 radical (unpaired) electrons. The van der Waals surface area contributed by atoms with E-state index in [0.29, 0.717) is 17.2 Å². The molecule has 0 N–H and O–H groups in total. The molecule has 0 unspecified atom stereocenters. The van der Waals surface area contributed by atoms with Crippen molar-refractivity contribution in [1.82, 2.24) is 0 Å². The van der Waals surface area contributed by atoms with Gasteiger partial charge in [0, 0.05) is 11.2 Å². The Bertz CT molecular complexity index is 159. The van der Waals surface area contributed by atoms with E-state index < -0.39 is 0 Å². The fourth-order valence-electron chi connectivity index (χ4n) is 1.69. The van der Waals surface area contributed by atoms with Crippen LogP contribution in [0.5, 0.6) is 0 Å². The van der Waals surface area contributed by atoms with Crippen LogP contribution in [-0.2, 0) is 9.53 Å². The minimum absolute atomic E-state index is 0.0775. The lowest BCUT2D eigenvalue weighted by molar-refractivity contribution is -0.141. The summed E-state index contributed by atoms with van der Waals surface area (Å²) in [4.78, 5) is 11.5. The molecule has 1 aliphatic carbocycles. The number of hydrogen-bond acceptors (Lipinski definition) is 2. The summed E-state index contributed by atoms with van der Waals surface area (Å²) >= 11 is 3.60. The van der Waals surface area contributed by atoms with Crippen LogP contribution in [0.15, 0.2) is 0 Å². The van der Waals surface area contributed by atoms with E-state index in [0.717, 1.165) is 6.42 Å². The highest BCUT2D eigenvalue weighted by molar-refractivity contribution is 9.09. The van der Waals surface area contributed by atoms with Crippen LogP contribution >= 0.6 is 15.9 Å². The van der Waals surface area contributed by atoms with Crippen molar-refractivity contribution in [3.05, 3.63) is 0 Å². The molecule has 1 rings (SSSR count). The first-order valence-electron chi connectivity index (χ1n) is 4.45. The highest BCUT2D eigenvalue weighted by Gasteiger charge is 2.24. The third kappa shape index (κ3) is 2.77. The van der Waals surface area contributed by atoms with Gasteiger partial charge in [0.2, 0.25) is 0 Å². The second-order valence-electron chi connectivity index (χ2n) is 3.34. The minimum Gasteiger partial charge on any atom is -0.469 e. The van der Waals surface area contributed by atoms with Crippen LogP contribution in [-0.4, -0.2) is 17.9 Å². The third-order valence-electron chi connectivity index (χ3n) is 2.47. The van der Waals surface area contributed by atoms with Gasteiger partial charge in [0.25, 0.3) is 0 Å². The Balaban J connectivity index is 2.33. The lowest BCUT2D eigenvalue weighted by atomic mass is 9.87. The fraction of sp³-hybridized carbons (Fsp3) is 0.889. The van der Waals surface area contributed by atoms with Gasteiger partial charge in [-0.05, 0) is 18.8 Å². The molecular formula is C9H15BrO2. The van der Waals surface area contributed by atoms with Crippen LogP contribution < -0.4 is 0 Å². The molecule has 1 aliphatic rings. The topological polar surface area (TPSA) is 26.3 Å². The van der Waals surface area contributed by atoms with Crippen molar-refractivity contribution in [2.24, 2.45) is 5.92 Å². The number of alkyl halides is 1. The summed E-state index contributed by atoms with van der Waals surface area (Å²) in [6, 6.07) is 0. The Morgan fingerprint density at radius 1 is 1.50 bits per heavy atom. The molecule has 1 saturated carbocycles. The zero-order chi connectivity index (χ0) is 8.97. The molecule has 0 aliphatic heterocycles. The summed E-state index contributed by atoms with van der Waals surface area (Å²) in [5.41, 5.74) is 0. The second kappa shape index (κ2) is 4.85. The third-order valence-corrected chi connectivity index (χ3v) is 3.68. The first-order chi connectivity index (χ1) is 5.74. The predicted octanol–water partition coefficient (Wildman–Crippen LogP) is 2.50. The van der Waals surface area contributed by atoms with Gasteiger partial charge < -0.3 is 4.74 Å². The van der Waals surface area contributed by atoms with Crippen LogP contribution in [0.1, 0.15) is 32.1 Å². The molecular weight excluding hydrogens is 220 g/mol. The number of methoxy groups -OCH3 is 1. The average molecular weight is 235 g/mol. The minimum atomic E-state index is -0.0775. The van der Waals surface area contributed by atoms with Gasteiger partial charge in [-0.25, -0.2) is 0 Å². The van der Waals surface area contributed by atoms with Crippen LogP contribution in [0.2, 0.25) is 0 Å². The van der Waals surface area contributed by atoms with Crippen molar-refractivity contribution in [2.45, 2.75) is 36.9 Å². The van der Waals surface area contributed by atoms with Crippen molar-refractivity contribution in [3.63, 3.8) is 0 Å². The quantitative estimate of drug-likeness (QED) is 0.543. The molecule has 0 aromatic carbocycles. The summed E-state index contributed by atoms with van der Waals surface area (Å²) in [5, 5.41) is 0. The number of carbonyl (C=O) groups is 1. The van der Waals surface area contributed by atoms with Crippen molar-refractivity contribution in [3.8, 4) is 0 Å². The summed E-state index contributed by atoms with van der Waals surface area (Å²) in [7, 11) is 1.45. The smallest absolute Gasteiger partial charge is 0.305 e. The molecule has 2 nitrogen and oxygen atoms in total. The van der Waals surface area contributed by atoms with E-state index in [9.17, 15) is 4.79 Å². The van der Waals surface area contributed by atoms with Crippen molar-refractivity contribution < 1.29 is 9.53 Å². The van der Waals surface area contributed by atoms with E-state index in [-0.39, 0.29) is 5.97 Å². The summed E-state index contributed by atoms with van der Waals surface area (Å²) < 4.78 is 4.64. The number of esters is 1. The maximum Gasteiger partial charge on any atom is 0.305 e. The largest absolute Gasteiger partial charge is 0.469 e. The first-order valence-corrected chi connectivity index (χ1v) is 5.36. The zero-order valence-corrected chi connectivity index (χ0v) is 8.97. The highest BCUT2D eigenvalue weighted by atomic mass is 79.9. The van der Waals surface area contributed by atoms with Crippen LogP contribution in [0.3, 0.4) is 0 Å². The van der Waals surface area contributed by atoms with E-state index >= 15 is 0 Å². The molecule has 0 heterocycles. The molecule has 0 aromatic heterocycles. The summed E-state index contributed by atoms with van der Waals surface area (Å²) in [6.07, 6.45) is 5.47. The van der Waals surface area contributed by atoms with Crippen LogP contribution in [0.4, 0.5) is 0 Å². The normalized spacial score (nSPS) is 29.8. The monoisotopic (exact) mass is 234 g/mol. The molecule has 3 heteroatoms. The van der Waals surface area contributed by atoms with Gasteiger partial charge in [-0.3, -0.25) is 4.79 Å². The maximum atomic E-state index is 11.0. The van der Waals surface area contributed by atoms with Gasteiger partial charge in [0.1, 0.15) is 0 Å². The maximum absolute atomic E-state index is 11.0. The van der Waals surface area contributed by atoms with Gasteiger partial charge in [-0.15, -0.1) is 0 Å². The summed E-state index contributed by atoms with van der Waals surface area (Å²) in [5.74, 6) is 0.414. The lowest BCUT2D eigenvalue weighted by Gasteiger charge is -2.26. The van der Waals surface area contributed by atoms with Gasteiger partial charge in [0.05, 0.1) is 7.11 Å². The van der Waals surface area contributed by atoms with Gasteiger partial charge in [-0.1, -0.05) is 28.8 Å². The van der Waals surface area contributed by atoms with Crippen LogP contribution in [0.25, 0.3) is 0 Å². The van der Waals surface area contributed by atoms with E-state index in [1.54, 1.807) is 0 Å². The van der Waals surface area contributed by atoms with Crippen molar-refractivity contribution >= 4 is 21.9 Å². The van der Waals surface area contributed by atoms with E-state index in [4.69, 9.17) is 0 Å². The second-order valence-corrected chi connectivity index (χ2v) is 4.52. The number of hydrogen-bond donors (Lipinski definition) is 0. The zero-order valence-electron chi connectivity index (χ0n) is 7.38. The molecule has 0 bridgehead atoms. The molecule has 0 aromatic rings. The Kier molecular flexibility index (Phi) is 4.06. The van der Waals surface area contributed by atoms with Gasteiger partial charge in [0.15, 0.2) is 0 Å². The molecule has 2 atom stereocenters. The number of carbonyl (C=O) groups excluding carboxylic acids is 1. The number of halogens is 1. The van der Waals surface area contributed by atoms with Crippen molar-refractivity contribution in [1.29, 1.82) is 0 Å². The average Bonchev–Trinajstić information content (AvgIpc) is 2.09. The fourth-order valence-corrected chi connectivity index (χ4v) is 2.46. The Hall–Kier alpha value is -0.0500. The lowest BCUT2D eigenvalue weighted by Crippen LogP contribution is -2.22. The Morgan fingerprint density at radius 2 is 2.17 bits per heavy atom. The Morgan fingerprint density at radius 3 is 2.75 bits per heavy atom. The highest BCUT2D eigenvalue weighted by Crippen LogP contribution is 2.32. The van der Waals surface area contributed by atoms with Crippen LogP contribution in [0, 0.1) is 5.92 Å². The molecule has 0 saturated heterocycles. The summed E-state index contributed by atoms with van der Waals surface area (Å²) in [6.45, 7) is 0. The van der Waals surface area contributed by atoms with Crippen molar-refractivity contribution in [2.75, 3.05) is 7.11 Å². The molecule has 0 spiro atoms. The predicted molar refractivity (Wildman–Crippen MR) is 51.3 cm³/mol. The first kappa shape index (κ1) is 10.0. The SMILES string of the molecule is COC(=O)C[C@H]1CCCC[C@@H]1Br. The number of ether oxygens (including phenoxy) is 1. The standard InChI is InChI=1S/C9H15BrO2/c1-12-9(11)6-7-4-2-3-5-8(7)10/h7-8H,2-6H2,1H3/t7-,8+/m1/s1. The molecule has 70 valence electrons. The van der Waals surface area contributed by atoms with Gasteiger partial charge in [-0.2, -0.15) is 0 Å². The molecule has 0 amide bonds. The molecule has 1 fully saturated rings. The molecule has 12 heavy (non-hydrogen) atoms. The Labute approximate surface area is 81.8 Å². The van der Waals surface area contributed by atoms with E-state index in [2.05, 4.69) is 20.7 Å². The van der Waals surface area contributed by atoms with E-state index in [1.165, 1.54) is 26.4 Å². The number of rotatable bonds is 2. The van der Waals surface area contributed by atoms with E-state index in [1.807, 2.05) is 0 Å².